The van der Waals surface area contributed by atoms with Gasteiger partial charge in [-0.05, 0) is 30.8 Å². The van der Waals surface area contributed by atoms with Gasteiger partial charge in [0, 0.05) is 6.20 Å². The zero-order valence-corrected chi connectivity index (χ0v) is 14.0. The largest absolute Gasteiger partial charge is 0.375 e. The normalized spacial score (nSPS) is 11.1. The second-order valence-corrected chi connectivity index (χ2v) is 5.90. The van der Waals surface area contributed by atoms with E-state index < -0.39 is 5.56 Å². The summed E-state index contributed by atoms with van der Waals surface area (Å²) < 4.78 is 2.80. The van der Waals surface area contributed by atoms with Crippen LogP contribution in [0.1, 0.15) is 5.69 Å². The van der Waals surface area contributed by atoms with Crippen LogP contribution in [0.15, 0.2) is 47.4 Å². The molecule has 1 aromatic carbocycles. The molecule has 0 amide bonds. The molecule has 0 saturated heterocycles. The van der Waals surface area contributed by atoms with E-state index in [0.29, 0.717) is 11.2 Å². The minimum Gasteiger partial charge on any atom is -0.375 e. The number of hydrogen-bond donors (Lipinski definition) is 2. The first-order valence-electron chi connectivity index (χ1n) is 7.45. The van der Waals surface area contributed by atoms with E-state index in [1.54, 1.807) is 10.6 Å². The first-order chi connectivity index (χ1) is 12.1. The Hall–Kier alpha value is -3.33. The van der Waals surface area contributed by atoms with Crippen LogP contribution >= 0.6 is 12.2 Å². The Kier molecular flexibility index (Phi) is 3.43. The molecule has 0 bridgehead atoms. The Labute approximate surface area is 146 Å². The molecule has 25 heavy (non-hydrogen) atoms. The average molecular weight is 351 g/mol. The number of aryl methyl sites for hydroxylation is 1. The number of fused-ring (bicyclic) bond motifs is 3. The van der Waals surface area contributed by atoms with Crippen molar-refractivity contribution in [3.63, 3.8) is 0 Å². The highest BCUT2D eigenvalue weighted by molar-refractivity contribution is 7.80. The van der Waals surface area contributed by atoms with Gasteiger partial charge in [-0.15, -0.1) is 10.2 Å². The zero-order chi connectivity index (χ0) is 17.6. The van der Waals surface area contributed by atoms with Crippen molar-refractivity contribution in [3.05, 3.63) is 58.6 Å². The molecule has 0 aliphatic heterocycles. The minimum atomic E-state index is -0.408. The van der Waals surface area contributed by atoms with Crippen molar-refractivity contribution in [1.29, 1.82) is 0 Å². The molecule has 4 rings (SSSR count). The number of aromatic nitrogens is 5. The Morgan fingerprint density at radius 2 is 1.96 bits per heavy atom. The maximum absolute atomic E-state index is 12.5. The Morgan fingerprint density at radius 3 is 2.68 bits per heavy atom. The van der Waals surface area contributed by atoms with Gasteiger partial charge >= 0.3 is 0 Å². The Morgan fingerprint density at radius 1 is 1.20 bits per heavy atom. The van der Waals surface area contributed by atoms with Gasteiger partial charge in [-0.25, -0.2) is 9.19 Å². The molecular formula is C16H13N7OS. The number of nitrogens with two attached hydrogens (primary N) is 1. The van der Waals surface area contributed by atoms with Crippen molar-refractivity contribution in [2.75, 3.05) is 5.43 Å². The third-order valence-electron chi connectivity index (χ3n) is 3.85. The van der Waals surface area contributed by atoms with Crippen LogP contribution in [-0.2, 0) is 0 Å². The maximum atomic E-state index is 12.5. The van der Waals surface area contributed by atoms with E-state index in [4.69, 9.17) is 18.0 Å². The number of nitrogens with zero attached hydrogens (tertiary/aromatic N) is 5. The van der Waals surface area contributed by atoms with Gasteiger partial charge in [0.05, 0.1) is 11.3 Å². The van der Waals surface area contributed by atoms with E-state index in [9.17, 15) is 4.79 Å². The summed E-state index contributed by atoms with van der Waals surface area (Å²) in [6.45, 7) is 1.90. The van der Waals surface area contributed by atoms with Crippen LogP contribution in [0.3, 0.4) is 0 Å². The van der Waals surface area contributed by atoms with Crippen LogP contribution in [-0.4, -0.2) is 29.6 Å². The molecule has 0 unspecified atom stereocenters. The highest BCUT2D eigenvalue weighted by Gasteiger charge is 2.17. The number of thiocarbonyl (C=S) groups is 1. The van der Waals surface area contributed by atoms with Crippen molar-refractivity contribution >= 4 is 34.0 Å². The number of rotatable bonds is 2. The summed E-state index contributed by atoms with van der Waals surface area (Å²) in [6.07, 6.45) is 1.53. The number of hydrogen-bond acceptors (Lipinski definition) is 5. The number of benzene rings is 1. The van der Waals surface area contributed by atoms with E-state index in [0.717, 1.165) is 16.8 Å². The summed E-state index contributed by atoms with van der Waals surface area (Å²) >= 11 is 4.76. The monoisotopic (exact) mass is 351 g/mol. The van der Waals surface area contributed by atoms with Gasteiger partial charge in [0.25, 0.3) is 5.56 Å². The predicted octanol–water partition coefficient (Wildman–Crippen LogP) is 1.20. The van der Waals surface area contributed by atoms with Crippen molar-refractivity contribution in [2.24, 2.45) is 5.73 Å². The van der Waals surface area contributed by atoms with Gasteiger partial charge in [0.2, 0.25) is 0 Å². The topological polar surface area (TPSA) is 103 Å². The van der Waals surface area contributed by atoms with Crippen LogP contribution in [0.4, 0.5) is 0 Å². The lowest BCUT2D eigenvalue weighted by Gasteiger charge is -2.08. The van der Waals surface area contributed by atoms with Crippen molar-refractivity contribution < 1.29 is 0 Å². The second-order valence-electron chi connectivity index (χ2n) is 5.46. The molecule has 0 atom stereocenters. The quantitative estimate of drug-likeness (QED) is 0.523. The molecule has 0 aliphatic carbocycles. The smallest absolute Gasteiger partial charge is 0.299 e. The zero-order valence-electron chi connectivity index (χ0n) is 13.2. The molecule has 4 aromatic rings. The van der Waals surface area contributed by atoms with Gasteiger partial charge in [-0.3, -0.25) is 10.2 Å². The molecule has 0 spiro atoms. The van der Waals surface area contributed by atoms with Gasteiger partial charge < -0.3 is 5.73 Å². The molecule has 3 aromatic heterocycles. The van der Waals surface area contributed by atoms with Crippen molar-refractivity contribution in [3.8, 4) is 11.1 Å². The second kappa shape index (κ2) is 5.64. The summed E-state index contributed by atoms with van der Waals surface area (Å²) in [6, 6.07) is 11.5. The van der Waals surface area contributed by atoms with Crippen LogP contribution in [0, 0.1) is 6.92 Å². The van der Waals surface area contributed by atoms with E-state index in [-0.39, 0.29) is 10.6 Å². The van der Waals surface area contributed by atoms with Gasteiger partial charge in [0.15, 0.2) is 16.3 Å². The van der Waals surface area contributed by atoms with E-state index in [1.807, 2.05) is 37.3 Å². The minimum absolute atomic E-state index is 0.0169. The fraction of sp³-hybridized carbons (Fsp3) is 0.0625. The molecule has 3 N–H and O–H groups in total. The molecule has 3 heterocycles. The van der Waals surface area contributed by atoms with Gasteiger partial charge in [0.1, 0.15) is 5.52 Å². The van der Waals surface area contributed by atoms with Crippen molar-refractivity contribution in [1.82, 2.24) is 24.5 Å². The third kappa shape index (κ3) is 2.41. The average Bonchev–Trinajstić information content (AvgIpc) is 2.94. The highest BCUT2D eigenvalue weighted by Crippen LogP contribution is 2.27. The van der Waals surface area contributed by atoms with Gasteiger partial charge in [-0.1, -0.05) is 30.3 Å². The summed E-state index contributed by atoms with van der Waals surface area (Å²) in [4.78, 5) is 12.5. The van der Waals surface area contributed by atoms with Crippen molar-refractivity contribution in [2.45, 2.75) is 6.92 Å². The van der Waals surface area contributed by atoms with E-state index >= 15 is 0 Å². The SMILES string of the molecule is Cc1nn2c(nnc3c(=O)n(NC(N)=S)ccc32)c1-c1ccccc1. The van der Waals surface area contributed by atoms with E-state index in [1.165, 1.54) is 10.9 Å². The Balaban J connectivity index is 2.02. The maximum Gasteiger partial charge on any atom is 0.299 e. The van der Waals surface area contributed by atoms with Gasteiger partial charge in [-0.2, -0.15) is 5.10 Å². The summed E-state index contributed by atoms with van der Waals surface area (Å²) in [5.41, 5.74) is 11.6. The lowest BCUT2D eigenvalue weighted by atomic mass is 10.1. The molecule has 0 saturated carbocycles. The van der Waals surface area contributed by atoms with E-state index in [2.05, 4.69) is 20.7 Å². The number of nitrogens with one attached hydrogen (secondary N) is 1. The molecule has 124 valence electrons. The standard InChI is InChI=1S/C16H13N7OS/c1-9-12(10-5-3-2-4-6-10)14-19-18-13-11(23(14)20-9)7-8-22(15(13)24)21-16(17)25/h2-8H,1H3,(H3,17,21,25). The molecular weight excluding hydrogens is 338 g/mol. The molecule has 0 fully saturated rings. The highest BCUT2D eigenvalue weighted by atomic mass is 32.1. The lowest BCUT2D eigenvalue weighted by molar-refractivity contribution is 0.883. The predicted molar refractivity (Wildman–Crippen MR) is 98.9 cm³/mol. The van der Waals surface area contributed by atoms with Crippen LogP contribution in [0.25, 0.3) is 27.8 Å². The fourth-order valence-corrected chi connectivity index (χ4v) is 2.90. The third-order valence-corrected chi connectivity index (χ3v) is 3.94. The lowest BCUT2D eigenvalue weighted by Crippen LogP contribution is -2.36. The number of pyridine rings is 1. The summed E-state index contributed by atoms with van der Waals surface area (Å²) in [5, 5.41) is 12.9. The fourth-order valence-electron chi connectivity index (χ4n) is 2.80. The summed E-state index contributed by atoms with van der Waals surface area (Å²) in [7, 11) is 0. The molecule has 0 radical (unpaired) electrons. The van der Waals surface area contributed by atoms with Crippen LogP contribution in [0.2, 0.25) is 0 Å². The molecule has 0 aliphatic rings. The molecule has 8 nitrogen and oxygen atoms in total. The molecule has 9 heteroatoms. The first-order valence-corrected chi connectivity index (χ1v) is 7.86. The van der Waals surface area contributed by atoms with Crippen LogP contribution in [0.5, 0.6) is 0 Å². The summed E-state index contributed by atoms with van der Waals surface area (Å²) in [5.74, 6) is 0. The first kappa shape index (κ1) is 15.2. The van der Waals surface area contributed by atoms with Crippen LogP contribution < -0.4 is 16.7 Å². The Bertz CT molecular complexity index is 1180.